The molecule has 0 aromatic carbocycles. The summed E-state index contributed by atoms with van der Waals surface area (Å²) in [5.74, 6) is 2.32. The Labute approximate surface area is 136 Å². The van der Waals surface area contributed by atoms with Gasteiger partial charge in [-0.1, -0.05) is 0 Å². The number of fused-ring (bicyclic) bond motifs is 1. The summed E-state index contributed by atoms with van der Waals surface area (Å²) in [6.07, 6.45) is 10.5. The molecular weight excluding hydrogens is 286 g/mol. The molecule has 1 saturated heterocycles. The normalized spacial score (nSPS) is 20.8. The lowest BCUT2D eigenvalue weighted by molar-refractivity contribution is 0.490. The number of nitrogens with zero attached hydrogens (tertiary/aromatic N) is 4. The summed E-state index contributed by atoms with van der Waals surface area (Å²) < 4.78 is 0. The first-order chi connectivity index (χ1) is 11.3. The molecule has 4 rings (SSSR count). The van der Waals surface area contributed by atoms with Gasteiger partial charge >= 0.3 is 0 Å². The van der Waals surface area contributed by atoms with Crippen molar-refractivity contribution in [3.05, 3.63) is 41.1 Å². The number of nitriles is 1. The molecule has 3 heterocycles. The minimum Gasteiger partial charge on any atom is -0.355 e. The van der Waals surface area contributed by atoms with Crippen LogP contribution in [0.2, 0.25) is 0 Å². The first kappa shape index (κ1) is 14.3. The number of nitrogens with one attached hydrogen (secondary N) is 1. The number of anilines is 1. The zero-order valence-electron chi connectivity index (χ0n) is 13.3. The summed E-state index contributed by atoms with van der Waals surface area (Å²) in [6.45, 7) is 1.85. The van der Waals surface area contributed by atoms with Crippen molar-refractivity contribution in [3.8, 4) is 6.07 Å². The van der Waals surface area contributed by atoms with Crippen molar-refractivity contribution in [1.82, 2.24) is 15.0 Å². The van der Waals surface area contributed by atoms with Gasteiger partial charge in [0.05, 0.1) is 5.56 Å². The predicted octanol–water partition coefficient (Wildman–Crippen LogP) is 2.94. The Morgan fingerprint density at radius 2 is 2.17 bits per heavy atom. The second-order valence-electron chi connectivity index (χ2n) is 6.54. The van der Waals surface area contributed by atoms with E-state index in [1.165, 1.54) is 24.1 Å². The molecule has 0 bridgehead atoms. The van der Waals surface area contributed by atoms with Gasteiger partial charge in [-0.15, -0.1) is 0 Å². The van der Waals surface area contributed by atoms with Crippen LogP contribution in [-0.2, 0) is 12.8 Å². The summed E-state index contributed by atoms with van der Waals surface area (Å²) in [6, 6.07) is 4.44. The minimum atomic E-state index is 0.392. The molecule has 2 aliphatic rings. The number of hydrogen-bond acceptors (Lipinski definition) is 4. The molecule has 0 saturated carbocycles. The Morgan fingerprint density at radius 1 is 1.26 bits per heavy atom. The number of aromatic nitrogens is 3. The standard InChI is InChI=1S/C18H21N5/c19-11-15-10-13-4-1-2-6-16(13)22-18(15)23-9-3-5-14(12-23)17-20-7-8-21-17/h7-8,10,14H,1-6,9,12H2,(H,20,21). The maximum Gasteiger partial charge on any atom is 0.146 e. The van der Waals surface area contributed by atoms with Crippen molar-refractivity contribution >= 4 is 5.82 Å². The van der Waals surface area contributed by atoms with Gasteiger partial charge in [-0.05, 0) is 50.2 Å². The first-order valence-corrected chi connectivity index (χ1v) is 8.52. The molecule has 5 heteroatoms. The van der Waals surface area contributed by atoms with E-state index in [1.54, 1.807) is 0 Å². The molecule has 2 aromatic heterocycles. The zero-order valence-corrected chi connectivity index (χ0v) is 13.3. The van der Waals surface area contributed by atoms with Gasteiger partial charge in [0.15, 0.2) is 0 Å². The van der Waals surface area contributed by atoms with Crippen molar-refractivity contribution < 1.29 is 0 Å². The van der Waals surface area contributed by atoms with Crippen LogP contribution in [0.15, 0.2) is 18.5 Å². The van der Waals surface area contributed by atoms with E-state index in [2.05, 4.69) is 27.0 Å². The zero-order chi connectivity index (χ0) is 15.6. The molecule has 23 heavy (non-hydrogen) atoms. The summed E-state index contributed by atoms with van der Waals surface area (Å²) in [5, 5.41) is 9.57. The van der Waals surface area contributed by atoms with Gasteiger partial charge in [-0.2, -0.15) is 5.26 Å². The lowest BCUT2D eigenvalue weighted by Crippen LogP contribution is -2.36. The van der Waals surface area contributed by atoms with Crippen molar-refractivity contribution in [2.24, 2.45) is 0 Å². The molecule has 0 spiro atoms. The quantitative estimate of drug-likeness (QED) is 0.926. The van der Waals surface area contributed by atoms with Crippen molar-refractivity contribution in [1.29, 1.82) is 5.26 Å². The molecule has 1 aliphatic heterocycles. The predicted molar refractivity (Wildman–Crippen MR) is 88.4 cm³/mol. The van der Waals surface area contributed by atoms with Gasteiger partial charge in [0.25, 0.3) is 0 Å². The smallest absolute Gasteiger partial charge is 0.146 e. The monoisotopic (exact) mass is 307 g/mol. The number of H-pyrrole nitrogens is 1. The highest BCUT2D eigenvalue weighted by Crippen LogP contribution is 2.31. The molecule has 1 N–H and O–H groups in total. The molecule has 0 amide bonds. The molecule has 1 fully saturated rings. The molecule has 118 valence electrons. The van der Waals surface area contributed by atoms with E-state index in [-0.39, 0.29) is 0 Å². The second-order valence-corrected chi connectivity index (χ2v) is 6.54. The van der Waals surface area contributed by atoms with Gasteiger partial charge in [-0.25, -0.2) is 9.97 Å². The molecule has 0 radical (unpaired) electrons. The summed E-state index contributed by atoms with van der Waals surface area (Å²) in [4.78, 5) is 14.8. The lowest BCUT2D eigenvalue weighted by atomic mass is 9.93. The summed E-state index contributed by atoms with van der Waals surface area (Å²) >= 11 is 0. The lowest BCUT2D eigenvalue weighted by Gasteiger charge is -2.34. The maximum atomic E-state index is 9.57. The van der Waals surface area contributed by atoms with E-state index in [4.69, 9.17) is 4.98 Å². The number of hydrogen-bond donors (Lipinski definition) is 1. The molecule has 2 aromatic rings. The Morgan fingerprint density at radius 3 is 3.00 bits per heavy atom. The van der Waals surface area contributed by atoms with Crippen LogP contribution in [0.4, 0.5) is 5.82 Å². The fourth-order valence-corrected chi connectivity index (χ4v) is 3.84. The average Bonchev–Trinajstić information content (AvgIpc) is 3.15. The fourth-order valence-electron chi connectivity index (χ4n) is 3.84. The van der Waals surface area contributed by atoms with Gasteiger partial charge in [-0.3, -0.25) is 0 Å². The van der Waals surface area contributed by atoms with Crippen LogP contribution in [0.3, 0.4) is 0 Å². The largest absolute Gasteiger partial charge is 0.355 e. The van der Waals surface area contributed by atoms with E-state index in [0.29, 0.717) is 5.92 Å². The molecular formula is C18H21N5. The van der Waals surface area contributed by atoms with Crippen LogP contribution in [0.25, 0.3) is 0 Å². The van der Waals surface area contributed by atoms with E-state index in [9.17, 15) is 5.26 Å². The third-order valence-electron chi connectivity index (χ3n) is 5.03. The Kier molecular flexibility index (Phi) is 3.74. The molecule has 1 aliphatic carbocycles. The molecule has 1 atom stereocenters. The second kappa shape index (κ2) is 6.04. The van der Waals surface area contributed by atoms with Crippen LogP contribution in [0, 0.1) is 11.3 Å². The first-order valence-electron chi connectivity index (χ1n) is 8.52. The highest BCUT2D eigenvalue weighted by molar-refractivity contribution is 5.57. The highest BCUT2D eigenvalue weighted by atomic mass is 15.2. The number of piperidine rings is 1. The minimum absolute atomic E-state index is 0.392. The van der Waals surface area contributed by atoms with E-state index < -0.39 is 0 Å². The van der Waals surface area contributed by atoms with Crippen molar-refractivity contribution in [2.75, 3.05) is 18.0 Å². The average molecular weight is 307 g/mol. The van der Waals surface area contributed by atoms with Crippen LogP contribution >= 0.6 is 0 Å². The van der Waals surface area contributed by atoms with Crippen molar-refractivity contribution in [3.63, 3.8) is 0 Å². The number of rotatable bonds is 2. The van der Waals surface area contributed by atoms with Crippen LogP contribution < -0.4 is 4.90 Å². The van der Waals surface area contributed by atoms with E-state index >= 15 is 0 Å². The number of aromatic amines is 1. The van der Waals surface area contributed by atoms with Gasteiger partial charge in [0.2, 0.25) is 0 Å². The van der Waals surface area contributed by atoms with Gasteiger partial charge < -0.3 is 9.88 Å². The number of pyridine rings is 1. The van der Waals surface area contributed by atoms with Crippen LogP contribution in [0.1, 0.15) is 54.2 Å². The third-order valence-corrected chi connectivity index (χ3v) is 5.03. The highest BCUT2D eigenvalue weighted by Gasteiger charge is 2.26. The summed E-state index contributed by atoms with van der Waals surface area (Å²) in [7, 11) is 0. The number of imidazole rings is 1. The Bertz CT molecular complexity index is 729. The van der Waals surface area contributed by atoms with E-state index in [1.807, 2.05) is 12.4 Å². The Balaban J connectivity index is 1.65. The molecule has 1 unspecified atom stereocenters. The number of aryl methyl sites for hydroxylation is 2. The Hall–Kier alpha value is -2.35. The van der Waals surface area contributed by atoms with Crippen LogP contribution in [0.5, 0.6) is 0 Å². The van der Waals surface area contributed by atoms with Gasteiger partial charge in [0, 0.05) is 37.1 Å². The van der Waals surface area contributed by atoms with Crippen LogP contribution in [-0.4, -0.2) is 28.0 Å². The van der Waals surface area contributed by atoms with Crippen molar-refractivity contribution in [2.45, 2.75) is 44.4 Å². The topological polar surface area (TPSA) is 68.6 Å². The molecule has 5 nitrogen and oxygen atoms in total. The third kappa shape index (κ3) is 2.70. The van der Waals surface area contributed by atoms with E-state index in [0.717, 1.165) is 56.0 Å². The SMILES string of the molecule is N#Cc1cc2c(nc1N1CCCC(c3ncc[nH]3)C1)CCCC2. The fraction of sp³-hybridized carbons (Fsp3) is 0.500. The van der Waals surface area contributed by atoms with Gasteiger partial charge in [0.1, 0.15) is 17.7 Å². The summed E-state index contributed by atoms with van der Waals surface area (Å²) in [5.41, 5.74) is 3.20. The maximum absolute atomic E-state index is 9.57.